The Balaban J connectivity index is 1.61. The molecule has 24 heavy (non-hydrogen) atoms. The highest BCUT2D eigenvalue weighted by atomic mass is 35.5. The zero-order valence-corrected chi connectivity index (χ0v) is 13.6. The molecular weight excluding hydrogens is 331 g/mol. The van der Waals surface area contributed by atoms with E-state index in [1.54, 1.807) is 0 Å². The van der Waals surface area contributed by atoms with Gasteiger partial charge in [0.25, 0.3) is 5.91 Å². The van der Waals surface area contributed by atoms with Crippen molar-refractivity contribution in [2.24, 2.45) is 0 Å². The van der Waals surface area contributed by atoms with E-state index in [0.29, 0.717) is 25.8 Å². The van der Waals surface area contributed by atoms with E-state index in [2.05, 4.69) is 10.6 Å². The monoisotopic (exact) mass is 346 g/mol. The van der Waals surface area contributed by atoms with E-state index < -0.39 is 11.7 Å². The van der Waals surface area contributed by atoms with Crippen LogP contribution in [0.5, 0.6) is 0 Å². The van der Waals surface area contributed by atoms with Crippen molar-refractivity contribution in [1.82, 2.24) is 5.32 Å². The fourth-order valence-corrected chi connectivity index (χ4v) is 2.96. The van der Waals surface area contributed by atoms with Crippen LogP contribution in [0.25, 0.3) is 0 Å². The number of hydrogen-bond donors (Lipinski definition) is 2. The van der Waals surface area contributed by atoms with Crippen LogP contribution in [0, 0.1) is 5.82 Å². The first kappa shape index (κ1) is 16.5. The Bertz CT molecular complexity index is 787. The largest absolute Gasteiger partial charge is 0.352 e. The number of hydrogen-bond acceptors (Lipinski definition) is 2. The van der Waals surface area contributed by atoms with Crippen molar-refractivity contribution in [2.75, 3.05) is 11.9 Å². The number of aryl methyl sites for hydroxylation is 1. The molecule has 0 atom stereocenters. The number of carbonyl (C=O) groups excluding carboxylic acids is 2. The summed E-state index contributed by atoms with van der Waals surface area (Å²) in [4.78, 5) is 23.4. The van der Waals surface area contributed by atoms with Gasteiger partial charge in [0.05, 0.1) is 10.6 Å². The predicted octanol–water partition coefficient (Wildman–Crippen LogP) is 3.34. The molecule has 1 heterocycles. The third kappa shape index (κ3) is 3.57. The second-order valence-corrected chi connectivity index (χ2v) is 6.05. The Labute approximate surface area is 144 Å². The van der Waals surface area contributed by atoms with Crippen LogP contribution in [0.4, 0.5) is 10.1 Å². The number of rotatable bonds is 4. The normalized spacial score (nSPS) is 13.2. The molecule has 6 heteroatoms. The van der Waals surface area contributed by atoms with Crippen molar-refractivity contribution in [1.29, 1.82) is 0 Å². The van der Waals surface area contributed by atoms with Crippen LogP contribution < -0.4 is 10.6 Å². The second-order valence-electron chi connectivity index (χ2n) is 5.64. The van der Waals surface area contributed by atoms with Crippen LogP contribution in [0.1, 0.15) is 27.9 Å². The lowest BCUT2D eigenvalue weighted by atomic mass is 9.99. The van der Waals surface area contributed by atoms with E-state index in [1.165, 1.54) is 18.2 Å². The van der Waals surface area contributed by atoms with Gasteiger partial charge in [0.15, 0.2) is 0 Å². The maximum Gasteiger partial charge on any atom is 0.255 e. The molecule has 0 fully saturated rings. The summed E-state index contributed by atoms with van der Waals surface area (Å²) in [6.07, 6.45) is 1.81. The fraction of sp³-hybridized carbons (Fsp3) is 0.222. The van der Waals surface area contributed by atoms with E-state index in [9.17, 15) is 14.0 Å². The van der Waals surface area contributed by atoms with Crippen molar-refractivity contribution in [3.8, 4) is 0 Å². The third-order valence-electron chi connectivity index (χ3n) is 3.95. The van der Waals surface area contributed by atoms with Crippen molar-refractivity contribution in [3.05, 3.63) is 63.9 Å². The molecule has 0 aliphatic carbocycles. The molecule has 1 aliphatic rings. The first-order chi connectivity index (χ1) is 11.5. The number of halogens is 2. The zero-order chi connectivity index (χ0) is 17.1. The topological polar surface area (TPSA) is 58.2 Å². The lowest BCUT2D eigenvalue weighted by molar-refractivity contribution is -0.116. The van der Waals surface area contributed by atoms with Crippen LogP contribution in [-0.2, 0) is 17.6 Å². The number of carbonyl (C=O) groups is 2. The van der Waals surface area contributed by atoms with Gasteiger partial charge in [-0.1, -0.05) is 29.8 Å². The molecular formula is C18H16ClFN2O2. The SMILES string of the molecule is O=C1CCc2cc(CCNC(=O)c3c(F)cccc3Cl)ccc2N1. The minimum atomic E-state index is -0.635. The number of nitrogens with one attached hydrogen (secondary N) is 2. The molecule has 0 spiro atoms. The van der Waals surface area contributed by atoms with Crippen LogP contribution in [0.2, 0.25) is 5.02 Å². The average molecular weight is 347 g/mol. The molecule has 2 aromatic rings. The predicted molar refractivity (Wildman–Crippen MR) is 90.8 cm³/mol. The van der Waals surface area contributed by atoms with Gasteiger partial charge in [0, 0.05) is 18.7 Å². The van der Waals surface area contributed by atoms with E-state index in [4.69, 9.17) is 11.6 Å². The molecule has 2 aromatic carbocycles. The van der Waals surface area contributed by atoms with Crippen molar-refractivity contribution in [2.45, 2.75) is 19.3 Å². The smallest absolute Gasteiger partial charge is 0.255 e. The molecule has 0 saturated carbocycles. The number of benzene rings is 2. The van der Waals surface area contributed by atoms with Crippen molar-refractivity contribution in [3.63, 3.8) is 0 Å². The second kappa shape index (κ2) is 7.01. The maximum absolute atomic E-state index is 13.7. The van der Waals surface area contributed by atoms with Gasteiger partial charge in [-0.05, 0) is 42.2 Å². The Hall–Kier alpha value is -2.40. The molecule has 0 saturated heterocycles. The lowest BCUT2D eigenvalue weighted by Crippen LogP contribution is -2.27. The third-order valence-corrected chi connectivity index (χ3v) is 4.27. The average Bonchev–Trinajstić information content (AvgIpc) is 2.55. The van der Waals surface area contributed by atoms with Gasteiger partial charge in [-0.25, -0.2) is 4.39 Å². The standard InChI is InChI=1S/C18H16ClFN2O2/c19-13-2-1-3-14(20)17(13)18(24)21-9-8-11-4-6-15-12(10-11)5-7-16(23)22-15/h1-4,6,10H,5,7-9H2,(H,21,24)(H,22,23). The summed E-state index contributed by atoms with van der Waals surface area (Å²) in [6.45, 7) is 0.370. The lowest BCUT2D eigenvalue weighted by Gasteiger charge is -2.17. The summed E-state index contributed by atoms with van der Waals surface area (Å²) in [7, 11) is 0. The number of amides is 2. The van der Waals surface area contributed by atoms with Gasteiger partial charge in [0.1, 0.15) is 5.82 Å². The molecule has 1 aliphatic heterocycles. The molecule has 0 radical (unpaired) electrons. The number of anilines is 1. The summed E-state index contributed by atoms with van der Waals surface area (Å²) in [5, 5.41) is 5.61. The summed E-state index contributed by atoms with van der Waals surface area (Å²) >= 11 is 5.88. The molecule has 2 amide bonds. The van der Waals surface area contributed by atoms with Crippen LogP contribution in [0.3, 0.4) is 0 Å². The van der Waals surface area contributed by atoms with Crippen LogP contribution in [0.15, 0.2) is 36.4 Å². The van der Waals surface area contributed by atoms with Gasteiger partial charge in [-0.15, -0.1) is 0 Å². The maximum atomic E-state index is 13.7. The summed E-state index contributed by atoms with van der Waals surface area (Å²) in [6, 6.07) is 9.96. The Morgan fingerprint density at radius 2 is 2.08 bits per heavy atom. The first-order valence-corrected chi connectivity index (χ1v) is 8.06. The Morgan fingerprint density at radius 1 is 1.25 bits per heavy atom. The van der Waals surface area contributed by atoms with Gasteiger partial charge >= 0.3 is 0 Å². The fourth-order valence-electron chi connectivity index (χ4n) is 2.72. The first-order valence-electron chi connectivity index (χ1n) is 7.68. The molecule has 0 aromatic heterocycles. The highest BCUT2D eigenvalue weighted by Crippen LogP contribution is 2.23. The van der Waals surface area contributed by atoms with E-state index >= 15 is 0 Å². The minimum Gasteiger partial charge on any atom is -0.352 e. The minimum absolute atomic E-state index is 0.0317. The highest BCUT2D eigenvalue weighted by Gasteiger charge is 2.16. The van der Waals surface area contributed by atoms with Crippen LogP contribution >= 0.6 is 11.6 Å². The van der Waals surface area contributed by atoms with Gasteiger partial charge < -0.3 is 10.6 Å². The van der Waals surface area contributed by atoms with E-state index in [1.807, 2.05) is 18.2 Å². The Morgan fingerprint density at radius 3 is 2.88 bits per heavy atom. The summed E-state index contributed by atoms with van der Waals surface area (Å²) < 4.78 is 13.7. The highest BCUT2D eigenvalue weighted by molar-refractivity contribution is 6.33. The van der Waals surface area contributed by atoms with Crippen molar-refractivity contribution < 1.29 is 14.0 Å². The molecule has 0 unspecified atom stereocenters. The van der Waals surface area contributed by atoms with Gasteiger partial charge in [-0.3, -0.25) is 9.59 Å². The van der Waals surface area contributed by atoms with Gasteiger partial charge in [0.2, 0.25) is 5.91 Å². The Kier molecular flexibility index (Phi) is 4.81. The van der Waals surface area contributed by atoms with Crippen LogP contribution in [-0.4, -0.2) is 18.4 Å². The molecule has 0 bridgehead atoms. The quantitative estimate of drug-likeness (QED) is 0.892. The van der Waals surface area contributed by atoms with Crippen molar-refractivity contribution >= 4 is 29.1 Å². The van der Waals surface area contributed by atoms with E-state index in [0.717, 1.165) is 16.8 Å². The molecule has 2 N–H and O–H groups in total. The van der Waals surface area contributed by atoms with Gasteiger partial charge in [-0.2, -0.15) is 0 Å². The number of fused-ring (bicyclic) bond motifs is 1. The van der Waals surface area contributed by atoms with E-state index in [-0.39, 0.29) is 16.5 Å². The zero-order valence-electron chi connectivity index (χ0n) is 12.9. The summed E-state index contributed by atoms with van der Waals surface area (Å²) in [5.74, 6) is -1.13. The summed E-state index contributed by atoms with van der Waals surface area (Å²) in [5.41, 5.74) is 2.85. The molecule has 4 nitrogen and oxygen atoms in total. The molecule has 124 valence electrons. The molecule has 3 rings (SSSR count).